The van der Waals surface area contributed by atoms with Gasteiger partial charge in [-0.15, -0.1) is 0 Å². The highest BCUT2D eigenvalue weighted by Gasteiger charge is 2.53. The molecule has 1 unspecified atom stereocenters. The second-order valence-electron chi connectivity index (χ2n) is 15.5. The highest BCUT2D eigenvalue weighted by Crippen LogP contribution is 2.63. The van der Waals surface area contributed by atoms with Gasteiger partial charge in [-0.2, -0.15) is 0 Å². The minimum atomic E-state index is -3.18. The number of para-hydroxylation sites is 3. The summed E-state index contributed by atoms with van der Waals surface area (Å²) in [4.78, 5) is 0. The molecular formula is C53H32NOP. The summed E-state index contributed by atoms with van der Waals surface area (Å²) in [5.41, 5.74) is 14.9. The Morgan fingerprint density at radius 1 is 0.411 bits per heavy atom. The summed E-state index contributed by atoms with van der Waals surface area (Å²) in [7, 11) is -3.18. The lowest BCUT2D eigenvalue weighted by Crippen LogP contribution is -2.33. The summed E-state index contributed by atoms with van der Waals surface area (Å²) in [6, 6.07) is 70.5. The van der Waals surface area contributed by atoms with Gasteiger partial charge in [-0.05, 0) is 103 Å². The second kappa shape index (κ2) is 10.7. The van der Waals surface area contributed by atoms with Crippen LogP contribution in [0.4, 0.5) is 0 Å². The van der Waals surface area contributed by atoms with E-state index >= 15 is 4.57 Å². The van der Waals surface area contributed by atoms with Crippen LogP contribution in [-0.2, 0) is 9.98 Å². The van der Waals surface area contributed by atoms with Gasteiger partial charge in [0.05, 0.1) is 22.1 Å². The smallest absolute Gasteiger partial charge is 0.172 e. The summed E-state index contributed by atoms with van der Waals surface area (Å²) in [6.45, 7) is 0. The molecule has 1 spiro atoms. The van der Waals surface area contributed by atoms with Crippen LogP contribution in [-0.4, -0.2) is 4.57 Å². The zero-order valence-corrected chi connectivity index (χ0v) is 31.2. The van der Waals surface area contributed by atoms with Gasteiger partial charge >= 0.3 is 0 Å². The van der Waals surface area contributed by atoms with Crippen molar-refractivity contribution in [3.8, 4) is 39.1 Å². The predicted molar refractivity (Wildman–Crippen MR) is 233 cm³/mol. The first-order chi connectivity index (χ1) is 27.7. The molecule has 10 aromatic rings. The molecule has 3 heteroatoms. The van der Waals surface area contributed by atoms with Crippen LogP contribution < -0.4 is 15.9 Å². The van der Waals surface area contributed by atoms with Gasteiger partial charge in [-0.25, -0.2) is 0 Å². The molecule has 13 rings (SSSR count). The minimum Gasteiger partial charge on any atom is -0.309 e. The molecule has 3 heterocycles. The van der Waals surface area contributed by atoms with Crippen LogP contribution in [0.15, 0.2) is 194 Å². The zero-order valence-electron chi connectivity index (χ0n) is 30.3. The third-order valence-electron chi connectivity index (χ3n) is 13.0. The van der Waals surface area contributed by atoms with Crippen molar-refractivity contribution in [1.29, 1.82) is 0 Å². The van der Waals surface area contributed by atoms with E-state index in [1.165, 1.54) is 77.2 Å². The molecule has 2 nitrogen and oxygen atoms in total. The summed E-state index contributed by atoms with van der Waals surface area (Å²) < 4.78 is 18.5. The van der Waals surface area contributed by atoms with Crippen molar-refractivity contribution in [3.05, 3.63) is 216 Å². The first-order valence-electron chi connectivity index (χ1n) is 19.4. The fraction of sp³-hybridized carbons (Fsp3) is 0.0189. The fourth-order valence-corrected chi connectivity index (χ4v) is 13.8. The maximum absolute atomic E-state index is 16.0. The molecule has 3 aliphatic rings. The first-order valence-corrected chi connectivity index (χ1v) is 21.1. The monoisotopic (exact) mass is 729 g/mol. The Labute approximate surface area is 324 Å². The predicted octanol–water partition coefficient (Wildman–Crippen LogP) is 11.9. The average Bonchev–Trinajstić information content (AvgIpc) is 3.85. The van der Waals surface area contributed by atoms with Crippen LogP contribution in [0.2, 0.25) is 0 Å². The van der Waals surface area contributed by atoms with Gasteiger partial charge in [-0.3, -0.25) is 0 Å². The number of hydrogen-bond acceptors (Lipinski definition) is 1. The lowest BCUT2D eigenvalue weighted by molar-refractivity contribution is 0.593. The summed E-state index contributed by atoms with van der Waals surface area (Å²) in [5.74, 6) is 0. The maximum atomic E-state index is 16.0. The van der Waals surface area contributed by atoms with Gasteiger partial charge < -0.3 is 9.13 Å². The van der Waals surface area contributed by atoms with Crippen molar-refractivity contribution in [3.63, 3.8) is 0 Å². The van der Waals surface area contributed by atoms with E-state index in [1.54, 1.807) is 0 Å². The number of aromatic nitrogens is 1. The molecule has 2 atom stereocenters. The molecule has 0 saturated carbocycles. The van der Waals surface area contributed by atoms with Crippen molar-refractivity contribution >= 4 is 55.6 Å². The summed E-state index contributed by atoms with van der Waals surface area (Å²) in [6.07, 6.45) is 0. The molecule has 0 amide bonds. The number of benzene rings is 9. The molecule has 56 heavy (non-hydrogen) atoms. The third kappa shape index (κ3) is 3.62. The van der Waals surface area contributed by atoms with E-state index in [9.17, 15) is 0 Å². The van der Waals surface area contributed by atoms with Gasteiger partial charge in [-0.1, -0.05) is 158 Å². The van der Waals surface area contributed by atoms with Crippen molar-refractivity contribution in [1.82, 2.24) is 4.57 Å². The van der Waals surface area contributed by atoms with Crippen LogP contribution in [0, 0.1) is 0 Å². The van der Waals surface area contributed by atoms with Crippen LogP contribution in [0.1, 0.15) is 22.3 Å². The summed E-state index contributed by atoms with van der Waals surface area (Å²) >= 11 is 0. The normalized spacial score (nSPS) is 18.2. The van der Waals surface area contributed by atoms with E-state index in [1.807, 2.05) is 36.4 Å². The molecule has 0 bridgehead atoms. The van der Waals surface area contributed by atoms with Crippen LogP contribution in [0.25, 0.3) is 71.6 Å². The Morgan fingerprint density at radius 3 is 2.04 bits per heavy atom. The molecule has 0 N–H and O–H groups in total. The van der Waals surface area contributed by atoms with E-state index in [2.05, 4.69) is 162 Å². The Bertz CT molecular complexity index is 3410. The lowest BCUT2D eigenvalue weighted by atomic mass is 9.65. The molecule has 0 radical (unpaired) electrons. The Balaban J connectivity index is 1.19. The van der Waals surface area contributed by atoms with Crippen LogP contribution in [0.3, 0.4) is 0 Å². The molecule has 0 fully saturated rings. The highest BCUT2D eigenvalue weighted by atomic mass is 31.2. The molecule has 2 aliphatic heterocycles. The number of hydrogen-bond donors (Lipinski definition) is 0. The Hall–Kier alpha value is -6.73. The van der Waals surface area contributed by atoms with E-state index in [0.29, 0.717) is 0 Å². The molecular weight excluding hydrogens is 698 g/mol. The van der Waals surface area contributed by atoms with Crippen LogP contribution in [0.5, 0.6) is 0 Å². The summed E-state index contributed by atoms with van der Waals surface area (Å²) in [5, 5.41) is 7.71. The van der Waals surface area contributed by atoms with Gasteiger partial charge in [0.15, 0.2) is 7.14 Å². The van der Waals surface area contributed by atoms with E-state index < -0.39 is 12.6 Å². The fourth-order valence-electron chi connectivity index (χ4n) is 10.7. The SMILES string of the molecule is O=[P@@]1(c2ccccc2)c2ccccc2-c2cc3c(cc21)-c1cc(-c2ccc4ccccc4c2)ccc1C31c2ccccc2-n2c3ccccc3c3cccc1c32. The molecule has 1 aromatic heterocycles. The Kier molecular flexibility index (Phi) is 5.86. The zero-order chi connectivity index (χ0) is 36.8. The van der Waals surface area contributed by atoms with Crippen molar-refractivity contribution in [2.24, 2.45) is 0 Å². The quantitative estimate of drug-likeness (QED) is 0.162. The molecule has 260 valence electrons. The Morgan fingerprint density at radius 2 is 1.11 bits per heavy atom. The highest BCUT2D eigenvalue weighted by molar-refractivity contribution is 7.86. The van der Waals surface area contributed by atoms with E-state index in [-0.39, 0.29) is 0 Å². The van der Waals surface area contributed by atoms with Gasteiger partial charge in [0.1, 0.15) is 0 Å². The lowest BCUT2D eigenvalue weighted by Gasteiger charge is -2.39. The second-order valence-corrected chi connectivity index (χ2v) is 18.2. The minimum absolute atomic E-state index is 0.615. The largest absolute Gasteiger partial charge is 0.309 e. The maximum Gasteiger partial charge on any atom is 0.172 e. The van der Waals surface area contributed by atoms with Crippen molar-refractivity contribution in [2.75, 3.05) is 0 Å². The van der Waals surface area contributed by atoms with E-state index in [4.69, 9.17) is 0 Å². The number of rotatable bonds is 2. The molecule has 9 aromatic carbocycles. The third-order valence-corrected chi connectivity index (χ3v) is 16.1. The van der Waals surface area contributed by atoms with Crippen molar-refractivity contribution in [2.45, 2.75) is 5.41 Å². The topological polar surface area (TPSA) is 22.0 Å². The van der Waals surface area contributed by atoms with Gasteiger partial charge in [0.2, 0.25) is 0 Å². The van der Waals surface area contributed by atoms with E-state index in [0.717, 1.165) is 32.6 Å². The number of fused-ring (bicyclic) bond motifs is 16. The van der Waals surface area contributed by atoms with Crippen molar-refractivity contribution < 1.29 is 4.57 Å². The standard InChI is InChI=1S/C53H32NOP/c55-56(37-15-2-1-3-16-37)50-24-11-7-18-39(50)43-31-47-42(32-51(43)56)41-30-36(35-26-25-33-13-4-5-14-34(33)29-35)27-28-44(41)53(47)45-20-8-10-23-49(45)54-48-22-9-6-17-38(48)40-19-12-21-46(53)52(40)54/h1-32H/t53?,56-/m0/s1. The molecule has 0 saturated heterocycles. The van der Waals surface area contributed by atoms with Crippen LogP contribution >= 0.6 is 7.14 Å². The average molecular weight is 730 g/mol. The van der Waals surface area contributed by atoms with Gasteiger partial charge in [0.25, 0.3) is 0 Å². The molecule has 1 aliphatic carbocycles. The number of nitrogens with zero attached hydrogens (tertiary/aromatic N) is 1. The van der Waals surface area contributed by atoms with Gasteiger partial charge in [0, 0.05) is 26.7 Å². The first kappa shape index (κ1) is 30.6.